The van der Waals surface area contributed by atoms with Crippen molar-refractivity contribution >= 4 is 39.7 Å². The number of para-hydroxylation sites is 1. The molecule has 1 aliphatic heterocycles. The molecular formula is C30H29ClF4N4. The average Bonchev–Trinajstić information content (AvgIpc) is 3.37. The second kappa shape index (κ2) is 10.2. The highest BCUT2D eigenvalue weighted by atomic mass is 35.5. The van der Waals surface area contributed by atoms with Gasteiger partial charge in [-0.25, -0.2) is 9.37 Å². The Bertz CT molecular complexity index is 1570. The van der Waals surface area contributed by atoms with E-state index in [1.165, 1.54) is 0 Å². The molecule has 1 fully saturated rings. The summed E-state index contributed by atoms with van der Waals surface area (Å²) in [6.07, 6.45) is -0.655. The molecule has 204 valence electrons. The van der Waals surface area contributed by atoms with Gasteiger partial charge in [0.2, 0.25) is 0 Å². The number of nitrogens with zero attached hydrogens (tertiary/aromatic N) is 3. The fourth-order valence-corrected chi connectivity index (χ4v) is 5.86. The van der Waals surface area contributed by atoms with Gasteiger partial charge in [0.05, 0.1) is 16.1 Å². The van der Waals surface area contributed by atoms with Crippen LogP contribution < -0.4 is 9.80 Å². The van der Waals surface area contributed by atoms with Gasteiger partial charge in [0.15, 0.2) is 11.6 Å². The van der Waals surface area contributed by atoms with Crippen LogP contribution in [0, 0.1) is 26.6 Å². The maximum atomic E-state index is 15.0. The van der Waals surface area contributed by atoms with Crippen LogP contribution in [0.1, 0.15) is 40.7 Å². The maximum absolute atomic E-state index is 15.0. The number of anilines is 2. The molecule has 0 atom stereocenters. The molecule has 9 heteroatoms. The fraction of sp³-hybridized carbons (Fsp3) is 0.300. The highest BCUT2D eigenvalue weighted by Gasteiger charge is 2.33. The van der Waals surface area contributed by atoms with E-state index in [1.54, 1.807) is 4.90 Å². The predicted octanol–water partition coefficient (Wildman–Crippen LogP) is 8.45. The molecule has 1 aliphatic rings. The molecule has 5 rings (SSSR count). The van der Waals surface area contributed by atoms with E-state index in [1.807, 2.05) is 32.3 Å². The summed E-state index contributed by atoms with van der Waals surface area (Å²) in [5.74, 6) is -1.06. The van der Waals surface area contributed by atoms with E-state index in [9.17, 15) is 17.6 Å². The Balaban J connectivity index is 1.68. The molecule has 39 heavy (non-hydrogen) atoms. The van der Waals surface area contributed by atoms with Gasteiger partial charge in [0.1, 0.15) is 0 Å². The zero-order chi connectivity index (χ0) is 28.1. The Kier molecular flexibility index (Phi) is 7.10. The molecule has 2 aromatic heterocycles. The van der Waals surface area contributed by atoms with Gasteiger partial charge in [-0.2, -0.15) is 13.2 Å². The Morgan fingerprint density at radius 1 is 1.08 bits per heavy atom. The highest BCUT2D eigenvalue weighted by Crippen LogP contribution is 2.41. The Morgan fingerprint density at radius 3 is 2.46 bits per heavy atom. The average molecular weight is 557 g/mol. The number of pyridine rings is 1. The van der Waals surface area contributed by atoms with Crippen LogP contribution in [-0.2, 0) is 6.18 Å². The van der Waals surface area contributed by atoms with Gasteiger partial charge in [-0.15, -0.1) is 0 Å². The Labute approximate surface area is 229 Å². The molecule has 3 heterocycles. The number of benzene rings is 2. The van der Waals surface area contributed by atoms with E-state index in [0.717, 1.165) is 56.5 Å². The monoisotopic (exact) mass is 556 g/mol. The van der Waals surface area contributed by atoms with Gasteiger partial charge in [0, 0.05) is 54.9 Å². The van der Waals surface area contributed by atoms with Crippen LogP contribution in [0.15, 0.2) is 54.4 Å². The van der Waals surface area contributed by atoms with Crippen LogP contribution in [-0.4, -0.2) is 30.1 Å². The molecule has 0 amide bonds. The van der Waals surface area contributed by atoms with Crippen LogP contribution >= 0.6 is 11.6 Å². The molecule has 0 radical (unpaired) electrons. The van der Waals surface area contributed by atoms with Gasteiger partial charge in [-0.05, 0) is 74.1 Å². The number of fused-ring (bicyclic) bond motifs is 1. The summed E-state index contributed by atoms with van der Waals surface area (Å²) in [5, 5.41) is 1.61. The first-order chi connectivity index (χ1) is 18.5. The van der Waals surface area contributed by atoms with Crippen LogP contribution in [0.2, 0.25) is 5.02 Å². The Hall–Kier alpha value is -3.52. The van der Waals surface area contributed by atoms with Crippen molar-refractivity contribution in [3.8, 4) is 0 Å². The van der Waals surface area contributed by atoms with Crippen LogP contribution in [0.4, 0.5) is 29.1 Å². The number of nitrogens with one attached hydrogen (secondary N) is 1. The van der Waals surface area contributed by atoms with Crippen molar-refractivity contribution < 1.29 is 17.6 Å². The van der Waals surface area contributed by atoms with Crippen molar-refractivity contribution in [1.82, 2.24) is 9.97 Å². The Morgan fingerprint density at radius 2 is 1.79 bits per heavy atom. The lowest BCUT2D eigenvalue weighted by Gasteiger charge is -2.35. The SMILES string of the molecule is Cc1cccc(C)c1N(C)/C(=C1\CCCN(c2ncc(C(F)(F)F)cc2F)C1)c1cc(C)c(Cl)c2[nH]ccc12. The van der Waals surface area contributed by atoms with Crippen LogP contribution in [0.25, 0.3) is 16.6 Å². The molecule has 0 aliphatic carbocycles. The zero-order valence-electron chi connectivity index (χ0n) is 22.2. The molecule has 1 N–H and O–H groups in total. The summed E-state index contributed by atoms with van der Waals surface area (Å²) in [6.45, 7) is 6.90. The van der Waals surface area contributed by atoms with E-state index < -0.39 is 17.6 Å². The topological polar surface area (TPSA) is 35.2 Å². The first kappa shape index (κ1) is 27.1. The van der Waals surface area contributed by atoms with E-state index in [-0.39, 0.29) is 5.82 Å². The lowest BCUT2D eigenvalue weighted by atomic mass is 9.93. The van der Waals surface area contributed by atoms with Crippen molar-refractivity contribution in [3.63, 3.8) is 0 Å². The summed E-state index contributed by atoms with van der Waals surface area (Å²) >= 11 is 6.64. The number of aromatic amines is 1. The van der Waals surface area contributed by atoms with Crippen molar-refractivity contribution in [2.75, 3.05) is 29.9 Å². The minimum absolute atomic E-state index is 0.0756. The number of piperidine rings is 1. The summed E-state index contributed by atoms with van der Waals surface area (Å²) in [5.41, 5.74) is 6.91. The number of halogens is 5. The third kappa shape index (κ3) is 4.98. The number of hydrogen-bond acceptors (Lipinski definition) is 3. The summed E-state index contributed by atoms with van der Waals surface area (Å²) < 4.78 is 54.3. The third-order valence-corrected chi connectivity index (χ3v) is 7.89. The molecule has 0 saturated carbocycles. The number of rotatable bonds is 4. The van der Waals surface area contributed by atoms with E-state index in [0.29, 0.717) is 36.8 Å². The van der Waals surface area contributed by atoms with Crippen molar-refractivity contribution in [2.24, 2.45) is 0 Å². The first-order valence-corrected chi connectivity index (χ1v) is 13.1. The van der Waals surface area contributed by atoms with Gasteiger partial charge in [-0.1, -0.05) is 29.8 Å². The van der Waals surface area contributed by atoms with Gasteiger partial charge in [-0.3, -0.25) is 0 Å². The van der Waals surface area contributed by atoms with Crippen molar-refractivity contribution in [2.45, 2.75) is 39.8 Å². The van der Waals surface area contributed by atoms with Crippen LogP contribution in [0.5, 0.6) is 0 Å². The second-order valence-electron chi connectivity index (χ2n) is 10.1. The van der Waals surface area contributed by atoms with Crippen LogP contribution in [0.3, 0.4) is 0 Å². The summed E-state index contributed by atoms with van der Waals surface area (Å²) in [7, 11) is 2.02. The minimum atomic E-state index is -4.66. The normalized spacial score (nSPS) is 15.7. The quantitative estimate of drug-likeness (QED) is 0.256. The standard InChI is InChI=1S/C30H29ClF4N4/c1-17-7-5-8-18(2)27(17)38(4)28(23-13-19(3)25(31)26-22(23)10-11-36-26)20-9-6-12-39(16-20)29-24(32)14-21(15-37-29)30(33,34)35/h5,7-8,10-11,13-15,36H,6,9,12,16H2,1-4H3/b28-20+. The van der Waals surface area contributed by atoms with Gasteiger partial charge in [0.25, 0.3) is 0 Å². The number of aryl methyl sites for hydroxylation is 3. The molecule has 0 bridgehead atoms. The molecule has 4 nitrogen and oxygen atoms in total. The van der Waals surface area contributed by atoms with Gasteiger partial charge >= 0.3 is 6.18 Å². The highest BCUT2D eigenvalue weighted by molar-refractivity contribution is 6.36. The van der Waals surface area contributed by atoms with Gasteiger partial charge < -0.3 is 14.8 Å². The summed E-state index contributed by atoms with van der Waals surface area (Å²) in [4.78, 5) is 11.1. The fourth-order valence-electron chi connectivity index (χ4n) is 5.65. The molecular weight excluding hydrogens is 528 g/mol. The van der Waals surface area contributed by atoms with E-state index in [4.69, 9.17) is 11.6 Å². The first-order valence-electron chi connectivity index (χ1n) is 12.7. The number of alkyl halides is 3. The predicted molar refractivity (Wildman–Crippen MR) is 150 cm³/mol. The molecule has 2 aromatic carbocycles. The molecule has 0 unspecified atom stereocenters. The lowest BCUT2D eigenvalue weighted by molar-refractivity contribution is -0.138. The molecule has 0 spiro atoms. The number of hydrogen-bond donors (Lipinski definition) is 1. The minimum Gasteiger partial charge on any atom is -0.360 e. The number of H-pyrrole nitrogens is 1. The zero-order valence-corrected chi connectivity index (χ0v) is 22.9. The molecule has 1 saturated heterocycles. The van der Waals surface area contributed by atoms with Crippen molar-refractivity contribution in [1.29, 1.82) is 0 Å². The largest absolute Gasteiger partial charge is 0.417 e. The second-order valence-corrected chi connectivity index (χ2v) is 10.5. The molecule has 4 aromatic rings. The van der Waals surface area contributed by atoms with E-state index in [2.05, 4.69) is 46.9 Å². The smallest absolute Gasteiger partial charge is 0.360 e. The van der Waals surface area contributed by atoms with E-state index >= 15 is 0 Å². The summed E-state index contributed by atoms with van der Waals surface area (Å²) in [6, 6.07) is 10.7. The van der Waals surface area contributed by atoms with Crippen molar-refractivity contribution in [3.05, 3.63) is 93.0 Å². The maximum Gasteiger partial charge on any atom is 0.417 e. The number of aromatic nitrogens is 2. The third-order valence-electron chi connectivity index (χ3n) is 7.40. The lowest BCUT2D eigenvalue weighted by Crippen LogP contribution is -2.35.